The second kappa shape index (κ2) is 8.13. The predicted molar refractivity (Wildman–Crippen MR) is 109 cm³/mol. The third kappa shape index (κ3) is 4.31. The molecule has 0 saturated carbocycles. The maximum atomic E-state index is 12.5. The average molecular weight is 374 g/mol. The van der Waals surface area contributed by atoms with Gasteiger partial charge in [-0.05, 0) is 72.7 Å². The molecule has 0 aliphatic heterocycles. The fraction of sp³-hybridized carbons (Fsp3) is 0.217. The van der Waals surface area contributed by atoms with Gasteiger partial charge in [0.05, 0.1) is 12.7 Å². The number of anilines is 2. The van der Waals surface area contributed by atoms with Crippen LogP contribution in [0.2, 0.25) is 0 Å². The third-order valence-corrected chi connectivity index (χ3v) is 4.93. The smallest absolute Gasteiger partial charge is 0.291 e. The van der Waals surface area contributed by atoms with E-state index in [2.05, 4.69) is 22.8 Å². The lowest BCUT2D eigenvalue weighted by Crippen LogP contribution is -2.16. The molecule has 2 amide bonds. The summed E-state index contributed by atoms with van der Waals surface area (Å²) in [6.07, 6.45) is 6.49. The van der Waals surface area contributed by atoms with Crippen molar-refractivity contribution in [2.24, 2.45) is 0 Å². The van der Waals surface area contributed by atoms with Crippen LogP contribution in [0.3, 0.4) is 0 Å². The molecule has 1 aliphatic carbocycles. The fourth-order valence-electron chi connectivity index (χ4n) is 3.56. The maximum Gasteiger partial charge on any atom is 0.291 e. The number of carbonyl (C=O) groups excluding carboxylic acids is 2. The first-order valence-electron chi connectivity index (χ1n) is 9.53. The van der Waals surface area contributed by atoms with Crippen molar-refractivity contribution in [3.05, 3.63) is 83.3 Å². The number of hydrogen-bond acceptors (Lipinski definition) is 3. The Bertz CT molecular complexity index is 993. The Kier molecular flexibility index (Phi) is 5.24. The number of furan rings is 1. The van der Waals surface area contributed by atoms with Crippen molar-refractivity contribution in [2.75, 3.05) is 10.6 Å². The van der Waals surface area contributed by atoms with Crippen molar-refractivity contribution in [1.82, 2.24) is 0 Å². The number of benzene rings is 2. The molecular formula is C23H22N2O3. The quantitative estimate of drug-likeness (QED) is 0.686. The highest BCUT2D eigenvalue weighted by Gasteiger charge is 2.12. The van der Waals surface area contributed by atoms with E-state index in [9.17, 15) is 9.59 Å². The van der Waals surface area contributed by atoms with Gasteiger partial charge in [-0.3, -0.25) is 9.59 Å². The van der Waals surface area contributed by atoms with E-state index in [1.807, 2.05) is 6.07 Å². The minimum absolute atomic E-state index is 0.0785. The first kappa shape index (κ1) is 18.0. The molecule has 4 rings (SSSR count). The summed E-state index contributed by atoms with van der Waals surface area (Å²) >= 11 is 0. The van der Waals surface area contributed by atoms with E-state index in [0.29, 0.717) is 17.8 Å². The Hall–Kier alpha value is -3.34. The van der Waals surface area contributed by atoms with Gasteiger partial charge in [0.1, 0.15) is 0 Å². The molecule has 2 N–H and O–H groups in total. The van der Waals surface area contributed by atoms with E-state index in [1.165, 1.54) is 30.2 Å². The van der Waals surface area contributed by atoms with E-state index in [1.54, 1.807) is 36.4 Å². The van der Waals surface area contributed by atoms with Crippen molar-refractivity contribution in [3.8, 4) is 0 Å². The highest BCUT2D eigenvalue weighted by Crippen LogP contribution is 2.23. The average Bonchev–Trinajstić information content (AvgIpc) is 3.23. The van der Waals surface area contributed by atoms with E-state index in [-0.39, 0.29) is 17.6 Å². The molecule has 0 unspecified atom stereocenters. The van der Waals surface area contributed by atoms with Crippen LogP contribution in [0.15, 0.2) is 65.3 Å². The van der Waals surface area contributed by atoms with Gasteiger partial charge in [-0.25, -0.2) is 0 Å². The van der Waals surface area contributed by atoms with Crippen molar-refractivity contribution >= 4 is 23.2 Å². The molecule has 3 aromatic rings. The van der Waals surface area contributed by atoms with Crippen LogP contribution in [-0.2, 0) is 24.1 Å². The molecule has 28 heavy (non-hydrogen) atoms. The van der Waals surface area contributed by atoms with Gasteiger partial charge in [-0.2, -0.15) is 0 Å². The maximum absolute atomic E-state index is 12.5. The summed E-state index contributed by atoms with van der Waals surface area (Å²) in [5, 5.41) is 5.66. The highest BCUT2D eigenvalue weighted by atomic mass is 16.3. The largest absolute Gasteiger partial charge is 0.459 e. The first-order valence-corrected chi connectivity index (χ1v) is 9.53. The van der Waals surface area contributed by atoms with Crippen molar-refractivity contribution in [1.29, 1.82) is 0 Å². The van der Waals surface area contributed by atoms with Crippen LogP contribution < -0.4 is 10.6 Å². The standard InChI is InChI=1S/C23H22N2O3/c26-22(14-16-10-11-17-5-1-2-6-18(17)13-16)24-19-7-3-8-20(15-19)25-23(27)21-9-4-12-28-21/h3-4,7-13,15H,1-2,5-6,14H2,(H,24,26)(H,25,27). The molecule has 1 aliphatic rings. The first-order chi connectivity index (χ1) is 13.7. The Morgan fingerprint density at radius 1 is 0.857 bits per heavy atom. The number of hydrogen-bond donors (Lipinski definition) is 2. The topological polar surface area (TPSA) is 71.3 Å². The van der Waals surface area contributed by atoms with E-state index < -0.39 is 0 Å². The monoisotopic (exact) mass is 374 g/mol. The van der Waals surface area contributed by atoms with Crippen molar-refractivity contribution in [2.45, 2.75) is 32.1 Å². The molecule has 1 aromatic heterocycles. The summed E-state index contributed by atoms with van der Waals surface area (Å²) in [7, 11) is 0. The lowest BCUT2D eigenvalue weighted by atomic mass is 9.90. The molecule has 5 nitrogen and oxygen atoms in total. The lowest BCUT2D eigenvalue weighted by Gasteiger charge is -2.16. The second-order valence-corrected chi connectivity index (χ2v) is 7.05. The third-order valence-electron chi connectivity index (χ3n) is 4.93. The Morgan fingerprint density at radius 2 is 1.64 bits per heavy atom. The summed E-state index contributed by atoms with van der Waals surface area (Å²) in [6, 6.07) is 16.7. The molecule has 0 spiro atoms. The van der Waals surface area contributed by atoms with Gasteiger partial charge in [-0.1, -0.05) is 24.3 Å². The van der Waals surface area contributed by atoms with E-state index in [4.69, 9.17) is 4.42 Å². The lowest BCUT2D eigenvalue weighted by molar-refractivity contribution is -0.115. The summed E-state index contributed by atoms with van der Waals surface area (Å²) in [6.45, 7) is 0. The van der Waals surface area contributed by atoms with Crippen LogP contribution >= 0.6 is 0 Å². The molecule has 0 radical (unpaired) electrons. The van der Waals surface area contributed by atoms with Crippen LogP contribution in [0.1, 0.15) is 40.1 Å². The van der Waals surface area contributed by atoms with Crippen LogP contribution in [0.5, 0.6) is 0 Å². The normalized spacial score (nSPS) is 12.9. The summed E-state index contributed by atoms with van der Waals surface area (Å²) < 4.78 is 5.09. The van der Waals surface area contributed by atoms with Gasteiger partial charge in [0.15, 0.2) is 5.76 Å². The molecule has 0 atom stereocenters. The molecular weight excluding hydrogens is 352 g/mol. The number of carbonyl (C=O) groups is 2. The van der Waals surface area contributed by atoms with Gasteiger partial charge in [-0.15, -0.1) is 0 Å². The predicted octanol–water partition coefficient (Wildman–Crippen LogP) is 4.59. The Morgan fingerprint density at radius 3 is 2.43 bits per heavy atom. The van der Waals surface area contributed by atoms with Crippen LogP contribution in [-0.4, -0.2) is 11.8 Å². The molecule has 1 heterocycles. The summed E-state index contributed by atoms with van der Waals surface area (Å²) in [5.41, 5.74) is 5.04. The SMILES string of the molecule is O=C(Cc1ccc2c(c1)CCCC2)Nc1cccc(NC(=O)c2ccco2)c1. The van der Waals surface area contributed by atoms with Gasteiger partial charge >= 0.3 is 0 Å². The Balaban J connectivity index is 1.38. The summed E-state index contributed by atoms with van der Waals surface area (Å²) in [5.74, 6) is -0.172. The fourth-order valence-corrected chi connectivity index (χ4v) is 3.56. The number of amides is 2. The molecule has 2 aromatic carbocycles. The van der Waals surface area contributed by atoms with Gasteiger partial charge in [0.2, 0.25) is 5.91 Å². The summed E-state index contributed by atoms with van der Waals surface area (Å²) in [4.78, 5) is 24.5. The van der Waals surface area contributed by atoms with Crippen LogP contribution in [0.4, 0.5) is 11.4 Å². The van der Waals surface area contributed by atoms with Crippen LogP contribution in [0.25, 0.3) is 0 Å². The highest BCUT2D eigenvalue weighted by molar-refractivity contribution is 6.02. The van der Waals surface area contributed by atoms with E-state index in [0.717, 1.165) is 18.4 Å². The molecule has 0 saturated heterocycles. The number of fused-ring (bicyclic) bond motifs is 1. The van der Waals surface area contributed by atoms with Crippen molar-refractivity contribution in [3.63, 3.8) is 0 Å². The van der Waals surface area contributed by atoms with Crippen molar-refractivity contribution < 1.29 is 14.0 Å². The molecule has 142 valence electrons. The molecule has 0 bridgehead atoms. The van der Waals surface area contributed by atoms with Gasteiger partial charge in [0.25, 0.3) is 5.91 Å². The molecule has 0 fully saturated rings. The van der Waals surface area contributed by atoms with Crippen LogP contribution in [0, 0.1) is 0 Å². The zero-order valence-electron chi connectivity index (χ0n) is 15.5. The zero-order valence-corrected chi connectivity index (χ0v) is 15.5. The minimum Gasteiger partial charge on any atom is -0.459 e. The van der Waals surface area contributed by atoms with Gasteiger partial charge in [0, 0.05) is 11.4 Å². The Labute approximate surface area is 163 Å². The number of nitrogens with one attached hydrogen (secondary N) is 2. The zero-order chi connectivity index (χ0) is 19.3. The number of aryl methyl sites for hydroxylation is 2. The van der Waals surface area contributed by atoms with E-state index >= 15 is 0 Å². The number of rotatable bonds is 5. The second-order valence-electron chi connectivity index (χ2n) is 7.05. The van der Waals surface area contributed by atoms with Gasteiger partial charge < -0.3 is 15.1 Å². The molecule has 5 heteroatoms. The minimum atomic E-state index is -0.331.